The van der Waals surface area contributed by atoms with Crippen LogP contribution in [0.25, 0.3) is 0 Å². The van der Waals surface area contributed by atoms with Crippen LogP contribution in [0.2, 0.25) is 0 Å². The van der Waals surface area contributed by atoms with Crippen molar-refractivity contribution in [2.75, 3.05) is 10.6 Å². The predicted molar refractivity (Wildman–Crippen MR) is 96.1 cm³/mol. The van der Waals surface area contributed by atoms with E-state index in [2.05, 4.69) is 31.5 Å². The molecule has 4 nitrogen and oxygen atoms in total. The molecule has 0 saturated heterocycles. The van der Waals surface area contributed by atoms with Gasteiger partial charge in [0.05, 0.1) is 17.6 Å². The van der Waals surface area contributed by atoms with Gasteiger partial charge < -0.3 is 10.6 Å². The summed E-state index contributed by atoms with van der Waals surface area (Å²) in [6, 6.07) is 20.6. The predicted octanol–water partition coefficient (Wildman–Crippen LogP) is 4.84. The molecule has 1 aromatic heterocycles. The number of aromatic nitrogens is 1. The van der Waals surface area contributed by atoms with Gasteiger partial charge in [0.25, 0.3) is 5.91 Å². The molecule has 5 heteroatoms. The van der Waals surface area contributed by atoms with E-state index < -0.39 is 0 Å². The second kappa shape index (κ2) is 7.07. The summed E-state index contributed by atoms with van der Waals surface area (Å²) in [5.74, 6) is -0.233. The SMILES string of the molecule is O=C(Nc1ccccc1)c1ccc(Nc2ccccc2Br)cn1. The summed E-state index contributed by atoms with van der Waals surface area (Å²) in [5, 5.41) is 6.05. The van der Waals surface area contributed by atoms with Crippen LogP contribution >= 0.6 is 15.9 Å². The maximum Gasteiger partial charge on any atom is 0.274 e. The van der Waals surface area contributed by atoms with E-state index in [0.717, 1.165) is 21.5 Å². The number of carbonyl (C=O) groups is 1. The summed E-state index contributed by atoms with van der Waals surface area (Å²) in [6.07, 6.45) is 1.64. The number of carbonyl (C=O) groups excluding carboxylic acids is 1. The van der Waals surface area contributed by atoms with Crippen LogP contribution in [0.5, 0.6) is 0 Å². The molecule has 0 aliphatic heterocycles. The van der Waals surface area contributed by atoms with Crippen molar-refractivity contribution in [3.05, 3.63) is 83.1 Å². The summed E-state index contributed by atoms with van der Waals surface area (Å²) in [7, 11) is 0. The second-order valence-corrected chi connectivity index (χ2v) is 5.71. The molecular formula is C18H14BrN3O. The van der Waals surface area contributed by atoms with E-state index in [1.807, 2.05) is 60.7 Å². The van der Waals surface area contributed by atoms with E-state index in [9.17, 15) is 4.79 Å². The summed E-state index contributed by atoms with van der Waals surface area (Å²) >= 11 is 3.48. The number of amides is 1. The molecule has 1 heterocycles. The van der Waals surface area contributed by atoms with E-state index in [-0.39, 0.29) is 5.91 Å². The molecule has 2 N–H and O–H groups in total. The lowest BCUT2D eigenvalue weighted by Crippen LogP contribution is -2.13. The Morgan fingerprint density at radius 2 is 1.61 bits per heavy atom. The zero-order valence-corrected chi connectivity index (χ0v) is 13.7. The number of nitrogens with zero attached hydrogens (tertiary/aromatic N) is 1. The normalized spacial score (nSPS) is 10.1. The molecular weight excluding hydrogens is 354 g/mol. The lowest BCUT2D eigenvalue weighted by molar-refractivity contribution is 0.102. The zero-order valence-electron chi connectivity index (χ0n) is 12.2. The molecule has 2 aromatic carbocycles. The Balaban J connectivity index is 1.69. The molecule has 0 spiro atoms. The molecule has 23 heavy (non-hydrogen) atoms. The second-order valence-electron chi connectivity index (χ2n) is 4.86. The largest absolute Gasteiger partial charge is 0.353 e. The van der Waals surface area contributed by atoms with Crippen molar-refractivity contribution in [2.24, 2.45) is 0 Å². The average molecular weight is 368 g/mol. The van der Waals surface area contributed by atoms with E-state index in [1.54, 1.807) is 12.3 Å². The van der Waals surface area contributed by atoms with Gasteiger partial charge in [-0.1, -0.05) is 30.3 Å². The van der Waals surface area contributed by atoms with Crippen molar-refractivity contribution < 1.29 is 4.79 Å². The van der Waals surface area contributed by atoms with Crippen LogP contribution < -0.4 is 10.6 Å². The number of halogens is 1. The number of hydrogen-bond donors (Lipinski definition) is 2. The minimum Gasteiger partial charge on any atom is -0.353 e. The lowest BCUT2D eigenvalue weighted by Gasteiger charge is -2.09. The fourth-order valence-corrected chi connectivity index (χ4v) is 2.42. The summed E-state index contributed by atoms with van der Waals surface area (Å²) < 4.78 is 0.964. The van der Waals surface area contributed by atoms with E-state index in [1.165, 1.54) is 0 Å². The minimum atomic E-state index is -0.233. The van der Waals surface area contributed by atoms with Crippen molar-refractivity contribution in [1.29, 1.82) is 0 Å². The van der Waals surface area contributed by atoms with E-state index in [0.29, 0.717) is 5.69 Å². The standard InChI is InChI=1S/C18H14BrN3O/c19-15-8-4-5-9-16(15)21-14-10-11-17(20-12-14)18(23)22-13-6-2-1-3-7-13/h1-12,21H,(H,22,23). The Kier molecular flexibility index (Phi) is 4.68. The molecule has 0 aliphatic rings. The Morgan fingerprint density at radius 3 is 2.30 bits per heavy atom. The van der Waals surface area contributed by atoms with Crippen molar-refractivity contribution in [1.82, 2.24) is 4.98 Å². The Morgan fingerprint density at radius 1 is 0.870 bits per heavy atom. The highest BCUT2D eigenvalue weighted by molar-refractivity contribution is 9.10. The first-order chi connectivity index (χ1) is 11.2. The molecule has 0 unspecified atom stereocenters. The zero-order chi connectivity index (χ0) is 16.1. The number of pyridine rings is 1. The third-order valence-electron chi connectivity index (χ3n) is 3.18. The third kappa shape index (κ3) is 3.96. The highest BCUT2D eigenvalue weighted by atomic mass is 79.9. The van der Waals surface area contributed by atoms with Crippen molar-refractivity contribution >= 4 is 38.9 Å². The van der Waals surface area contributed by atoms with Crippen LogP contribution in [0.4, 0.5) is 17.1 Å². The Labute approximate surface area is 142 Å². The van der Waals surface area contributed by atoms with Crippen molar-refractivity contribution in [2.45, 2.75) is 0 Å². The molecule has 3 rings (SSSR count). The molecule has 114 valence electrons. The molecule has 0 aliphatic carbocycles. The third-order valence-corrected chi connectivity index (χ3v) is 3.87. The molecule has 0 saturated carbocycles. The van der Waals surface area contributed by atoms with Gasteiger partial charge in [0.1, 0.15) is 5.69 Å². The summed E-state index contributed by atoms with van der Waals surface area (Å²) in [6.45, 7) is 0. The van der Waals surface area contributed by atoms with Gasteiger partial charge in [0, 0.05) is 10.2 Å². The summed E-state index contributed by atoms with van der Waals surface area (Å²) in [4.78, 5) is 16.3. The maximum absolute atomic E-state index is 12.1. The van der Waals surface area contributed by atoms with Crippen LogP contribution in [0.1, 0.15) is 10.5 Å². The topological polar surface area (TPSA) is 54.0 Å². The quantitative estimate of drug-likeness (QED) is 0.693. The molecule has 0 fully saturated rings. The van der Waals surface area contributed by atoms with Crippen LogP contribution in [0.15, 0.2) is 77.4 Å². The molecule has 3 aromatic rings. The maximum atomic E-state index is 12.1. The van der Waals surface area contributed by atoms with Gasteiger partial charge in [-0.3, -0.25) is 4.79 Å². The van der Waals surface area contributed by atoms with Crippen molar-refractivity contribution in [3.8, 4) is 0 Å². The Bertz CT molecular complexity index is 804. The van der Waals surface area contributed by atoms with Gasteiger partial charge in [-0.25, -0.2) is 4.98 Å². The van der Waals surface area contributed by atoms with Crippen LogP contribution in [-0.2, 0) is 0 Å². The number of anilines is 3. The number of para-hydroxylation sites is 2. The van der Waals surface area contributed by atoms with Gasteiger partial charge in [-0.2, -0.15) is 0 Å². The lowest BCUT2D eigenvalue weighted by atomic mass is 10.2. The molecule has 1 amide bonds. The first-order valence-electron chi connectivity index (χ1n) is 7.06. The molecule has 0 atom stereocenters. The van der Waals surface area contributed by atoms with Crippen LogP contribution in [0.3, 0.4) is 0 Å². The van der Waals surface area contributed by atoms with Gasteiger partial charge in [-0.05, 0) is 52.3 Å². The van der Waals surface area contributed by atoms with E-state index in [4.69, 9.17) is 0 Å². The highest BCUT2D eigenvalue weighted by Crippen LogP contribution is 2.24. The van der Waals surface area contributed by atoms with Gasteiger partial charge in [0.15, 0.2) is 0 Å². The Hall–Kier alpha value is -2.66. The first-order valence-corrected chi connectivity index (χ1v) is 7.86. The van der Waals surface area contributed by atoms with Gasteiger partial charge >= 0.3 is 0 Å². The summed E-state index contributed by atoms with van der Waals surface area (Å²) in [5.41, 5.74) is 2.87. The highest BCUT2D eigenvalue weighted by Gasteiger charge is 2.07. The molecule has 0 radical (unpaired) electrons. The van der Waals surface area contributed by atoms with E-state index >= 15 is 0 Å². The number of nitrogens with one attached hydrogen (secondary N) is 2. The fourth-order valence-electron chi connectivity index (χ4n) is 2.04. The van der Waals surface area contributed by atoms with Crippen molar-refractivity contribution in [3.63, 3.8) is 0 Å². The average Bonchev–Trinajstić information content (AvgIpc) is 2.58. The first kappa shape index (κ1) is 15.2. The number of benzene rings is 2. The van der Waals surface area contributed by atoms with Crippen LogP contribution in [0, 0.1) is 0 Å². The smallest absolute Gasteiger partial charge is 0.274 e. The van der Waals surface area contributed by atoms with Crippen LogP contribution in [-0.4, -0.2) is 10.9 Å². The molecule has 0 bridgehead atoms. The monoisotopic (exact) mass is 367 g/mol. The number of rotatable bonds is 4. The van der Waals surface area contributed by atoms with Gasteiger partial charge in [0.2, 0.25) is 0 Å². The minimum absolute atomic E-state index is 0.233. The fraction of sp³-hybridized carbons (Fsp3) is 0. The van der Waals surface area contributed by atoms with Gasteiger partial charge in [-0.15, -0.1) is 0 Å². The number of hydrogen-bond acceptors (Lipinski definition) is 3.